The third-order valence-corrected chi connectivity index (χ3v) is 4.85. The van der Waals surface area contributed by atoms with Crippen LogP contribution in [0.5, 0.6) is 0 Å². The van der Waals surface area contributed by atoms with E-state index in [1.165, 1.54) is 11.8 Å². The maximum absolute atomic E-state index is 12.2. The van der Waals surface area contributed by atoms with E-state index in [1.807, 2.05) is 43.3 Å². The summed E-state index contributed by atoms with van der Waals surface area (Å²) in [6, 6.07) is 11.1. The van der Waals surface area contributed by atoms with Crippen LogP contribution in [0.25, 0.3) is 17.4 Å². The van der Waals surface area contributed by atoms with E-state index < -0.39 is 0 Å². The summed E-state index contributed by atoms with van der Waals surface area (Å²) in [7, 11) is 0. The topological polar surface area (TPSA) is 33.5 Å². The average molecular weight is 350 g/mol. The highest BCUT2D eigenvalue weighted by molar-refractivity contribution is 8.26. The molecule has 1 aromatic carbocycles. The number of rotatable bonds is 3. The lowest BCUT2D eigenvalue weighted by Crippen LogP contribution is -2.27. The van der Waals surface area contributed by atoms with Gasteiger partial charge in [-0.1, -0.05) is 35.6 Å². The van der Waals surface area contributed by atoms with Crippen molar-refractivity contribution < 1.29 is 9.21 Å². The molecule has 0 radical (unpaired) electrons. The summed E-state index contributed by atoms with van der Waals surface area (Å²) in [5.74, 6) is 1.29. The first-order valence-corrected chi connectivity index (χ1v) is 8.30. The third kappa shape index (κ3) is 2.97. The molecule has 0 spiro atoms. The van der Waals surface area contributed by atoms with Crippen LogP contribution in [0.15, 0.2) is 45.7 Å². The number of thioether (sulfide) groups is 1. The summed E-state index contributed by atoms with van der Waals surface area (Å²) >= 11 is 12.4. The predicted molar refractivity (Wildman–Crippen MR) is 94.7 cm³/mol. The fourth-order valence-corrected chi connectivity index (χ4v) is 3.59. The smallest absolute Gasteiger partial charge is 0.266 e. The first kappa shape index (κ1) is 15.3. The largest absolute Gasteiger partial charge is 0.457 e. The monoisotopic (exact) mass is 349 g/mol. The van der Waals surface area contributed by atoms with E-state index in [2.05, 4.69) is 0 Å². The van der Waals surface area contributed by atoms with Gasteiger partial charge in [0, 0.05) is 23.2 Å². The third-order valence-electron chi connectivity index (χ3n) is 3.22. The molecule has 3 rings (SSSR count). The summed E-state index contributed by atoms with van der Waals surface area (Å²) in [5.41, 5.74) is 0.935. The van der Waals surface area contributed by atoms with Gasteiger partial charge in [0.15, 0.2) is 0 Å². The number of carbonyl (C=O) groups is 1. The summed E-state index contributed by atoms with van der Waals surface area (Å²) in [4.78, 5) is 14.3. The van der Waals surface area contributed by atoms with Gasteiger partial charge < -0.3 is 4.42 Å². The van der Waals surface area contributed by atoms with Crippen molar-refractivity contribution in [3.05, 3.63) is 52.1 Å². The highest BCUT2D eigenvalue weighted by Gasteiger charge is 2.30. The Morgan fingerprint density at radius 1 is 1.27 bits per heavy atom. The van der Waals surface area contributed by atoms with Crippen LogP contribution in [0, 0.1) is 0 Å². The molecule has 2 aromatic rings. The molecule has 0 atom stereocenters. The Morgan fingerprint density at radius 2 is 2.00 bits per heavy atom. The number of hydrogen-bond acceptors (Lipinski definition) is 4. The molecule has 0 N–H and O–H groups in total. The highest BCUT2D eigenvalue weighted by Crippen LogP contribution is 2.33. The molecule has 0 unspecified atom stereocenters. The zero-order chi connectivity index (χ0) is 15.7. The first-order chi connectivity index (χ1) is 10.6. The second-order valence-corrected chi connectivity index (χ2v) is 6.75. The summed E-state index contributed by atoms with van der Waals surface area (Å²) < 4.78 is 6.36. The Hall–Kier alpha value is -1.56. The molecule has 3 nitrogen and oxygen atoms in total. The molecule has 0 bridgehead atoms. The molecule has 22 heavy (non-hydrogen) atoms. The lowest BCUT2D eigenvalue weighted by atomic mass is 10.2. The number of thiocarbonyl (C=S) groups is 1. The van der Waals surface area contributed by atoms with Gasteiger partial charge in [-0.2, -0.15) is 0 Å². The van der Waals surface area contributed by atoms with Gasteiger partial charge in [-0.15, -0.1) is 0 Å². The Balaban J connectivity index is 1.86. The minimum atomic E-state index is -0.0676. The molecule has 1 saturated heterocycles. The van der Waals surface area contributed by atoms with E-state index in [0.29, 0.717) is 26.6 Å². The minimum Gasteiger partial charge on any atom is -0.457 e. The number of nitrogens with zero attached hydrogens (tertiary/aromatic N) is 1. The highest BCUT2D eigenvalue weighted by atomic mass is 35.5. The van der Waals surface area contributed by atoms with Gasteiger partial charge in [0.25, 0.3) is 5.91 Å². The number of halogens is 1. The van der Waals surface area contributed by atoms with Crippen LogP contribution in [0.3, 0.4) is 0 Å². The number of amides is 1. The summed E-state index contributed by atoms with van der Waals surface area (Å²) in [6.45, 7) is 2.48. The van der Waals surface area contributed by atoms with Gasteiger partial charge in [-0.05, 0) is 43.3 Å². The molecule has 1 amide bonds. The number of likely N-dealkylation sites (N-methyl/N-ethyl adjacent to an activating group) is 1. The van der Waals surface area contributed by atoms with E-state index >= 15 is 0 Å². The quantitative estimate of drug-likeness (QED) is 0.587. The second kappa shape index (κ2) is 6.28. The Morgan fingerprint density at radius 3 is 2.64 bits per heavy atom. The van der Waals surface area contributed by atoms with Gasteiger partial charge in [0.05, 0.1) is 4.91 Å². The van der Waals surface area contributed by atoms with Gasteiger partial charge in [-0.25, -0.2) is 0 Å². The van der Waals surface area contributed by atoms with Crippen molar-refractivity contribution in [2.75, 3.05) is 6.54 Å². The van der Waals surface area contributed by atoms with Crippen molar-refractivity contribution >= 4 is 51.9 Å². The molecule has 1 aliphatic rings. The SMILES string of the molecule is CCN1C(=O)/C(=C\c2ccc(-c3ccc(Cl)cc3)o2)SC1=S. The van der Waals surface area contributed by atoms with Crippen LogP contribution in [0.2, 0.25) is 5.02 Å². The molecule has 6 heteroatoms. The van der Waals surface area contributed by atoms with E-state index in [-0.39, 0.29) is 5.91 Å². The number of hydrogen-bond donors (Lipinski definition) is 0. The average Bonchev–Trinajstić information content (AvgIpc) is 3.06. The first-order valence-electron chi connectivity index (χ1n) is 6.69. The van der Waals surface area contributed by atoms with Crippen molar-refractivity contribution in [2.24, 2.45) is 0 Å². The van der Waals surface area contributed by atoms with Crippen LogP contribution in [0.1, 0.15) is 12.7 Å². The normalized spacial score (nSPS) is 16.8. The Labute approximate surface area is 142 Å². The van der Waals surface area contributed by atoms with Gasteiger partial charge >= 0.3 is 0 Å². The molecule has 1 fully saturated rings. The van der Waals surface area contributed by atoms with Crippen LogP contribution in [-0.4, -0.2) is 21.7 Å². The van der Waals surface area contributed by atoms with Crippen molar-refractivity contribution in [3.63, 3.8) is 0 Å². The molecule has 0 aliphatic carbocycles. The molecule has 2 heterocycles. The fourth-order valence-electron chi connectivity index (χ4n) is 2.10. The maximum atomic E-state index is 12.2. The molecule has 0 saturated carbocycles. The fraction of sp³-hybridized carbons (Fsp3) is 0.125. The van der Waals surface area contributed by atoms with Crippen LogP contribution < -0.4 is 0 Å². The van der Waals surface area contributed by atoms with Crippen molar-refractivity contribution in [1.82, 2.24) is 4.90 Å². The summed E-state index contributed by atoms with van der Waals surface area (Å²) in [5, 5.41) is 0.679. The maximum Gasteiger partial charge on any atom is 0.266 e. The van der Waals surface area contributed by atoms with Crippen molar-refractivity contribution in [3.8, 4) is 11.3 Å². The van der Waals surface area contributed by atoms with E-state index in [4.69, 9.17) is 28.2 Å². The number of carbonyl (C=O) groups excluding carboxylic acids is 1. The van der Waals surface area contributed by atoms with E-state index in [0.717, 1.165) is 11.3 Å². The molecule has 1 aromatic heterocycles. The number of furan rings is 1. The molecule has 112 valence electrons. The van der Waals surface area contributed by atoms with Crippen molar-refractivity contribution in [2.45, 2.75) is 6.92 Å². The van der Waals surface area contributed by atoms with E-state index in [1.54, 1.807) is 11.0 Å². The Bertz CT molecular complexity index is 765. The van der Waals surface area contributed by atoms with Crippen molar-refractivity contribution in [1.29, 1.82) is 0 Å². The second-order valence-electron chi connectivity index (χ2n) is 4.63. The Kier molecular flexibility index (Phi) is 4.38. The van der Waals surface area contributed by atoms with Gasteiger partial charge in [0.1, 0.15) is 15.8 Å². The van der Waals surface area contributed by atoms with Crippen LogP contribution in [-0.2, 0) is 4.79 Å². The number of benzene rings is 1. The van der Waals surface area contributed by atoms with Crippen LogP contribution >= 0.6 is 35.6 Å². The minimum absolute atomic E-state index is 0.0676. The zero-order valence-corrected chi connectivity index (χ0v) is 14.1. The van der Waals surface area contributed by atoms with E-state index in [9.17, 15) is 4.79 Å². The zero-order valence-electron chi connectivity index (χ0n) is 11.7. The molecule has 1 aliphatic heterocycles. The standard InChI is InChI=1S/C16H12ClNO2S2/c1-2-18-15(19)14(22-16(18)21)9-12-7-8-13(20-12)10-3-5-11(17)6-4-10/h3-9H,2H2,1H3/b14-9+. The lowest BCUT2D eigenvalue weighted by molar-refractivity contribution is -0.121. The predicted octanol–water partition coefficient (Wildman–Crippen LogP) is 4.82. The molecular formula is C16H12ClNO2S2. The van der Waals surface area contributed by atoms with Gasteiger partial charge in [0.2, 0.25) is 0 Å². The summed E-state index contributed by atoms with van der Waals surface area (Å²) in [6.07, 6.45) is 1.73. The van der Waals surface area contributed by atoms with Gasteiger partial charge in [-0.3, -0.25) is 9.69 Å². The lowest BCUT2D eigenvalue weighted by Gasteiger charge is -2.09. The molecular weight excluding hydrogens is 338 g/mol. The van der Waals surface area contributed by atoms with Crippen LogP contribution in [0.4, 0.5) is 0 Å².